The Kier molecular flexibility index (Phi) is 5.14. The van der Waals surface area contributed by atoms with Crippen LogP contribution in [0.25, 0.3) is 0 Å². The van der Waals surface area contributed by atoms with Gasteiger partial charge in [-0.2, -0.15) is 0 Å². The molecule has 0 heterocycles. The lowest BCUT2D eigenvalue weighted by molar-refractivity contribution is 0.104. The molecule has 13 heavy (non-hydrogen) atoms. The Morgan fingerprint density at radius 3 is 2.69 bits per heavy atom. The van der Waals surface area contributed by atoms with E-state index >= 15 is 0 Å². The molecule has 0 bridgehead atoms. The van der Waals surface area contributed by atoms with E-state index in [1.807, 2.05) is 6.08 Å². The molecule has 0 spiro atoms. The topological polar surface area (TPSA) is 18.5 Å². The number of hydrogen-bond donors (Lipinski definition) is 0. The van der Waals surface area contributed by atoms with Gasteiger partial charge < -0.3 is 9.47 Å². The number of ether oxygens (including phenoxy) is 2. The molecule has 1 rings (SSSR count). The first-order valence-corrected chi connectivity index (χ1v) is 4.96. The van der Waals surface area contributed by atoms with Gasteiger partial charge in [0.05, 0.1) is 18.6 Å². The third-order valence-corrected chi connectivity index (χ3v) is 2.23. The second-order valence-electron chi connectivity index (χ2n) is 3.27. The van der Waals surface area contributed by atoms with Gasteiger partial charge in [0.15, 0.2) is 0 Å². The van der Waals surface area contributed by atoms with Crippen molar-refractivity contribution in [1.29, 1.82) is 0 Å². The molecular formula is C11H18O2. The fraction of sp³-hybridized carbons (Fsp3) is 0.636. The SMILES string of the molecule is C=COCC=COC1CCCCC1. The maximum Gasteiger partial charge on any atom is 0.109 e. The van der Waals surface area contributed by atoms with E-state index in [-0.39, 0.29) is 0 Å². The van der Waals surface area contributed by atoms with Crippen LogP contribution in [-0.2, 0) is 9.47 Å². The van der Waals surface area contributed by atoms with Gasteiger partial charge in [0.25, 0.3) is 0 Å². The Labute approximate surface area is 80.2 Å². The summed E-state index contributed by atoms with van der Waals surface area (Å²) in [5, 5.41) is 0. The monoisotopic (exact) mass is 182 g/mol. The summed E-state index contributed by atoms with van der Waals surface area (Å²) in [5.41, 5.74) is 0. The molecule has 0 radical (unpaired) electrons. The van der Waals surface area contributed by atoms with Crippen molar-refractivity contribution in [2.45, 2.75) is 38.2 Å². The molecule has 74 valence electrons. The predicted octanol–water partition coefficient (Wildman–Crippen LogP) is 3.01. The van der Waals surface area contributed by atoms with Crippen LogP contribution in [0.15, 0.2) is 25.2 Å². The molecule has 2 nitrogen and oxygen atoms in total. The van der Waals surface area contributed by atoms with Crippen LogP contribution in [0.1, 0.15) is 32.1 Å². The van der Waals surface area contributed by atoms with Crippen molar-refractivity contribution in [3.05, 3.63) is 25.2 Å². The van der Waals surface area contributed by atoms with Crippen LogP contribution in [0.4, 0.5) is 0 Å². The lowest BCUT2D eigenvalue weighted by atomic mass is 9.98. The van der Waals surface area contributed by atoms with Gasteiger partial charge in [0, 0.05) is 0 Å². The quantitative estimate of drug-likeness (QED) is 0.480. The zero-order valence-electron chi connectivity index (χ0n) is 8.08. The molecule has 0 amide bonds. The van der Waals surface area contributed by atoms with Gasteiger partial charge in [0.2, 0.25) is 0 Å². The van der Waals surface area contributed by atoms with Gasteiger partial charge in [-0.1, -0.05) is 13.0 Å². The first-order chi connectivity index (χ1) is 6.43. The largest absolute Gasteiger partial charge is 0.498 e. The second kappa shape index (κ2) is 6.58. The zero-order chi connectivity index (χ0) is 9.36. The van der Waals surface area contributed by atoms with Gasteiger partial charge in [-0.15, -0.1) is 0 Å². The molecule has 1 aliphatic rings. The summed E-state index contributed by atoms with van der Waals surface area (Å²) in [5.74, 6) is 0. The molecule has 0 atom stereocenters. The summed E-state index contributed by atoms with van der Waals surface area (Å²) >= 11 is 0. The van der Waals surface area contributed by atoms with Gasteiger partial charge in [-0.3, -0.25) is 0 Å². The van der Waals surface area contributed by atoms with Crippen LogP contribution >= 0.6 is 0 Å². The lowest BCUT2D eigenvalue weighted by Crippen LogP contribution is -2.13. The van der Waals surface area contributed by atoms with Crippen molar-refractivity contribution >= 4 is 0 Å². The van der Waals surface area contributed by atoms with Crippen molar-refractivity contribution in [2.75, 3.05) is 6.61 Å². The van der Waals surface area contributed by atoms with Gasteiger partial charge in [-0.05, 0) is 31.8 Å². The van der Waals surface area contributed by atoms with Crippen molar-refractivity contribution in [3.8, 4) is 0 Å². The van der Waals surface area contributed by atoms with Crippen LogP contribution in [0.2, 0.25) is 0 Å². The minimum absolute atomic E-state index is 0.439. The molecule has 2 heteroatoms. The Morgan fingerprint density at radius 2 is 2.00 bits per heavy atom. The normalized spacial score (nSPS) is 18.8. The average molecular weight is 182 g/mol. The second-order valence-corrected chi connectivity index (χ2v) is 3.27. The number of hydrogen-bond acceptors (Lipinski definition) is 2. The zero-order valence-corrected chi connectivity index (χ0v) is 8.08. The molecule has 0 unspecified atom stereocenters. The van der Waals surface area contributed by atoms with E-state index in [2.05, 4.69) is 6.58 Å². The van der Waals surface area contributed by atoms with Crippen LogP contribution in [0.3, 0.4) is 0 Å². The van der Waals surface area contributed by atoms with Crippen LogP contribution in [0, 0.1) is 0 Å². The highest BCUT2D eigenvalue weighted by Crippen LogP contribution is 2.20. The Balaban J connectivity index is 2.02. The Hall–Kier alpha value is -0.920. The summed E-state index contributed by atoms with van der Waals surface area (Å²) in [7, 11) is 0. The molecule has 1 fully saturated rings. The van der Waals surface area contributed by atoms with Crippen LogP contribution in [-0.4, -0.2) is 12.7 Å². The van der Waals surface area contributed by atoms with Crippen LogP contribution < -0.4 is 0 Å². The van der Waals surface area contributed by atoms with E-state index in [0.29, 0.717) is 12.7 Å². The van der Waals surface area contributed by atoms with Crippen molar-refractivity contribution < 1.29 is 9.47 Å². The van der Waals surface area contributed by atoms with Gasteiger partial charge >= 0.3 is 0 Å². The number of rotatable bonds is 5. The van der Waals surface area contributed by atoms with Crippen molar-refractivity contribution in [2.24, 2.45) is 0 Å². The highest BCUT2D eigenvalue weighted by atomic mass is 16.5. The van der Waals surface area contributed by atoms with E-state index in [9.17, 15) is 0 Å². The maximum absolute atomic E-state index is 5.53. The minimum Gasteiger partial charge on any atom is -0.498 e. The van der Waals surface area contributed by atoms with E-state index in [1.54, 1.807) is 6.26 Å². The Bertz CT molecular complexity index is 157. The molecule has 0 aromatic heterocycles. The third kappa shape index (κ3) is 4.61. The van der Waals surface area contributed by atoms with Crippen LogP contribution in [0.5, 0.6) is 0 Å². The average Bonchev–Trinajstić information content (AvgIpc) is 2.19. The molecule has 0 N–H and O–H groups in total. The molecule has 0 aliphatic heterocycles. The highest BCUT2D eigenvalue weighted by Gasteiger charge is 2.12. The maximum atomic E-state index is 5.53. The molecule has 1 saturated carbocycles. The highest BCUT2D eigenvalue weighted by molar-refractivity contribution is 4.76. The summed E-state index contributed by atoms with van der Waals surface area (Å²) in [6, 6.07) is 0. The van der Waals surface area contributed by atoms with E-state index in [4.69, 9.17) is 9.47 Å². The van der Waals surface area contributed by atoms with Gasteiger partial charge in [-0.25, -0.2) is 0 Å². The molecule has 1 aliphatic carbocycles. The first-order valence-electron chi connectivity index (χ1n) is 4.96. The van der Waals surface area contributed by atoms with E-state index in [1.165, 1.54) is 38.4 Å². The molecule has 0 aromatic carbocycles. The minimum atomic E-state index is 0.439. The fourth-order valence-electron chi connectivity index (χ4n) is 1.53. The summed E-state index contributed by atoms with van der Waals surface area (Å²) in [4.78, 5) is 0. The standard InChI is InChI=1S/C11H18O2/c1-2-12-9-6-10-13-11-7-4-3-5-8-11/h2,6,10-11H,1,3-5,7-9H2. The molecular weight excluding hydrogens is 164 g/mol. The molecule has 0 aromatic rings. The predicted molar refractivity (Wildman–Crippen MR) is 53.2 cm³/mol. The van der Waals surface area contributed by atoms with E-state index < -0.39 is 0 Å². The summed E-state index contributed by atoms with van der Waals surface area (Å²) in [6.45, 7) is 4.00. The van der Waals surface area contributed by atoms with Crippen molar-refractivity contribution in [1.82, 2.24) is 0 Å². The lowest BCUT2D eigenvalue weighted by Gasteiger charge is -2.20. The Morgan fingerprint density at radius 1 is 1.23 bits per heavy atom. The van der Waals surface area contributed by atoms with Gasteiger partial charge in [0.1, 0.15) is 6.61 Å². The van der Waals surface area contributed by atoms with E-state index in [0.717, 1.165) is 0 Å². The molecule has 0 saturated heterocycles. The smallest absolute Gasteiger partial charge is 0.109 e. The summed E-state index contributed by atoms with van der Waals surface area (Å²) in [6.07, 6.45) is 11.9. The first kappa shape index (κ1) is 10.2. The third-order valence-electron chi connectivity index (χ3n) is 2.23. The fourth-order valence-corrected chi connectivity index (χ4v) is 1.53. The summed E-state index contributed by atoms with van der Waals surface area (Å²) < 4.78 is 10.5. The van der Waals surface area contributed by atoms with Crippen molar-refractivity contribution in [3.63, 3.8) is 0 Å².